The Morgan fingerprint density at radius 2 is 1.59 bits per heavy atom. The molecule has 0 unspecified atom stereocenters. The van der Waals surface area contributed by atoms with E-state index in [2.05, 4.69) is 5.32 Å². The molecule has 9 heteroatoms. The number of nitrogens with one attached hydrogen (secondary N) is 1. The van der Waals surface area contributed by atoms with Gasteiger partial charge in [0.1, 0.15) is 23.8 Å². The highest BCUT2D eigenvalue weighted by Crippen LogP contribution is 2.28. The molecular weight excluding hydrogens is 432 g/mol. The van der Waals surface area contributed by atoms with Crippen molar-refractivity contribution < 1.29 is 28.7 Å². The minimum atomic E-state index is -0.859. The Morgan fingerprint density at radius 3 is 2.16 bits per heavy atom. The van der Waals surface area contributed by atoms with Crippen LogP contribution in [0.4, 0.5) is 4.79 Å². The Balaban J connectivity index is 2.03. The zero-order chi connectivity index (χ0) is 24.1. The van der Waals surface area contributed by atoms with Gasteiger partial charge in [-0.15, -0.1) is 0 Å². The third kappa shape index (κ3) is 8.18. The molecule has 2 amide bonds. The molecule has 1 aliphatic heterocycles. The van der Waals surface area contributed by atoms with Gasteiger partial charge in [0.15, 0.2) is 5.12 Å². The van der Waals surface area contributed by atoms with Crippen molar-refractivity contribution in [2.45, 2.75) is 82.6 Å². The van der Waals surface area contributed by atoms with E-state index in [1.54, 1.807) is 41.5 Å². The van der Waals surface area contributed by atoms with Crippen LogP contribution in [0.15, 0.2) is 35.2 Å². The first kappa shape index (κ1) is 25.7. The number of amides is 2. The standard InChI is InChI=1S/C23H32N2O6S/c1-22(2,3)30-17(26)14-25-16(12-13-18(27)32-15-10-8-7-9-11-15)19(20(25)28)24-21(29)31-23(4,5)6/h7-11,16,19H,12-14H2,1-6H3,(H,24,29)/t16-,19+/m1/s1. The zero-order valence-corrected chi connectivity index (χ0v) is 20.3. The largest absolute Gasteiger partial charge is 0.459 e. The van der Waals surface area contributed by atoms with Gasteiger partial charge in [-0.25, -0.2) is 4.79 Å². The average Bonchev–Trinajstić information content (AvgIpc) is 2.64. The maximum Gasteiger partial charge on any atom is 0.408 e. The molecule has 0 radical (unpaired) electrons. The molecule has 1 fully saturated rings. The van der Waals surface area contributed by atoms with E-state index in [1.807, 2.05) is 30.3 Å². The van der Waals surface area contributed by atoms with E-state index in [1.165, 1.54) is 4.90 Å². The SMILES string of the molecule is CC(C)(C)OC(=O)CN1C(=O)[C@@H](NC(=O)OC(C)(C)C)[C@H]1CCC(=O)Sc1ccccc1. The van der Waals surface area contributed by atoms with E-state index < -0.39 is 41.3 Å². The van der Waals surface area contributed by atoms with Crippen LogP contribution in [0.3, 0.4) is 0 Å². The number of hydrogen-bond donors (Lipinski definition) is 1. The molecule has 1 aromatic carbocycles. The fraction of sp³-hybridized carbons (Fsp3) is 0.565. The van der Waals surface area contributed by atoms with Crippen molar-refractivity contribution in [1.82, 2.24) is 10.2 Å². The molecule has 2 rings (SSSR count). The van der Waals surface area contributed by atoms with Gasteiger partial charge in [0.2, 0.25) is 5.91 Å². The van der Waals surface area contributed by atoms with E-state index in [-0.39, 0.29) is 18.1 Å². The summed E-state index contributed by atoms with van der Waals surface area (Å²) in [7, 11) is 0. The normalized spacial score (nSPS) is 18.6. The number of alkyl carbamates (subject to hydrolysis) is 1. The highest BCUT2D eigenvalue weighted by Gasteiger charge is 2.49. The second-order valence-electron chi connectivity index (χ2n) is 9.57. The topological polar surface area (TPSA) is 102 Å². The van der Waals surface area contributed by atoms with Crippen LogP contribution in [0.25, 0.3) is 0 Å². The van der Waals surface area contributed by atoms with Crippen LogP contribution >= 0.6 is 11.8 Å². The van der Waals surface area contributed by atoms with Gasteiger partial charge in [0.25, 0.3) is 0 Å². The molecule has 176 valence electrons. The van der Waals surface area contributed by atoms with Crippen molar-refractivity contribution in [3.05, 3.63) is 30.3 Å². The molecule has 1 heterocycles. The summed E-state index contributed by atoms with van der Waals surface area (Å²) in [5.74, 6) is -0.952. The summed E-state index contributed by atoms with van der Waals surface area (Å²) in [6.07, 6.45) is -0.245. The van der Waals surface area contributed by atoms with Gasteiger partial charge < -0.3 is 19.7 Å². The van der Waals surface area contributed by atoms with Crippen molar-refractivity contribution in [3.63, 3.8) is 0 Å². The summed E-state index contributed by atoms with van der Waals surface area (Å²) in [5.41, 5.74) is -1.40. The quantitative estimate of drug-likeness (QED) is 0.374. The highest BCUT2D eigenvalue weighted by atomic mass is 32.2. The molecule has 32 heavy (non-hydrogen) atoms. The van der Waals surface area contributed by atoms with Gasteiger partial charge in [-0.3, -0.25) is 14.4 Å². The number of nitrogens with zero attached hydrogens (tertiary/aromatic N) is 1. The van der Waals surface area contributed by atoms with Crippen molar-refractivity contribution in [3.8, 4) is 0 Å². The Labute approximate surface area is 193 Å². The minimum absolute atomic E-state index is 0.0659. The fourth-order valence-electron chi connectivity index (χ4n) is 3.16. The molecule has 2 atom stereocenters. The van der Waals surface area contributed by atoms with E-state index >= 15 is 0 Å². The lowest BCUT2D eigenvalue weighted by Crippen LogP contribution is -2.71. The van der Waals surface area contributed by atoms with Gasteiger partial charge in [-0.05, 0) is 60.1 Å². The lowest BCUT2D eigenvalue weighted by molar-refractivity contribution is -0.167. The summed E-state index contributed by atoms with van der Waals surface area (Å²) in [4.78, 5) is 51.7. The number of rotatable bonds is 7. The van der Waals surface area contributed by atoms with Crippen LogP contribution in [-0.2, 0) is 23.9 Å². The molecule has 0 bridgehead atoms. The maximum absolute atomic E-state index is 12.7. The van der Waals surface area contributed by atoms with E-state index in [4.69, 9.17) is 9.47 Å². The van der Waals surface area contributed by atoms with E-state index in [0.29, 0.717) is 6.42 Å². The molecule has 1 N–H and O–H groups in total. The molecule has 0 aromatic heterocycles. The fourth-order valence-corrected chi connectivity index (χ4v) is 3.94. The van der Waals surface area contributed by atoms with Crippen LogP contribution < -0.4 is 5.32 Å². The van der Waals surface area contributed by atoms with Crippen LogP contribution in [-0.4, -0.2) is 57.8 Å². The maximum atomic E-state index is 12.7. The number of β-lactam (4-membered cyclic amide) rings is 1. The molecule has 1 saturated heterocycles. The predicted molar refractivity (Wildman–Crippen MR) is 121 cm³/mol. The first-order valence-corrected chi connectivity index (χ1v) is 11.3. The first-order chi connectivity index (χ1) is 14.7. The molecular formula is C23H32N2O6S. The van der Waals surface area contributed by atoms with Gasteiger partial charge >= 0.3 is 12.1 Å². The number of carbonyl (C=O) groups excluding carboxylic acids is 4. The Hall–Kier alpha value is -2.55. The summed E-state index contributed by atoms with van der Waals surface area (Å²) < 4.78 is 10.6. The van der Waals surface area contributed by atoms with Crippen molar-refractivity contribution in [2.24, 2.45) is 0 Å². The van der Waals surface area contributed by atoms with E-state index in [0.717, 1.165) is 16.7 Å². The minimum Gasteiger partial charge on any atom is -0.459 e. The lowest BCUT2D eigenvalue weighted by Gasteiger charge is -2.46. The summed E-state index contributed by atoms with van der Waals surface area (Å²) in [6.45, 7) is 10.2. The second-order valence-corrected chi connectivity index (χ2v) is 10.7. The number of esters is 1. The Kier molecular flexibility index (Phi) is 8.34. The monoisotopic (exact) mass is 464 g/mol. The zero-order valence-electron chi connectivity index (χ0n) is 19.5. The molecule has 0 spiro atoms. The third-order valence-corrected chi connectivity index (χ3v) is 5.28. The predicted octanol–water partition coefficient (Wildman–Crippen LogP) is 3.53. The molecule has 1 aromatic rings. The molecule has 1 aliphatic rings. The highest BCUT2D eigenvalue weighted by molar-refractivity contribution is 8.13. The number of ether oxygens (including phenoxy) is 2. The van der Waals surface area contributed by atoms with Gasteiger partial charge in [0, 0.05) is 11.3 Å². The van der Waals surface area contributed by atoms with Crippen LogP contribution in [0.2, 0.25) is 0 Å². The summed E-state index contributed by atoms with van der Waals surface area (Å²) in [6, 6.07) is 7.89. The number of benzene rings is 1. The van der Waals surface area contributed by atoms with Crippen LogP contribution in [0.1, 0.15) is 54.4 Å². The Bertz CT molecular complexity index is 804. The van der Waals surface area contributed by atoms with E-state index in [9.17, 15) is 19.2 Å². The second kappa shape index (κ2) is 10.4. The molecule has 0 aliphatic carbocycles. The number of carbonyl (C=O) groups is 4. The van der Waals surface area contributed by atoms with Gasteiger partial charge in [-0.2, -0.15) is 0 Å². The van der Waals surface area contributed by atoms with Crippen molar-refractivity contribution in [1.29, 1.82) is 0 Å². The van der Waals surface area contributed by atoms with Crippen molar-refractivity contribution in [2.75, 3.05) is 6.54 Å². The number of thioether (sulfide) groups is 1. The third-order valence-electron chi connectivity index (χ3n) is 4.35. The Morgan fingerprint density at radius 1 is 1.00 bits per heavy atom. The first-order valence-electron chi connectivity index (χ1n) is 10.5. The van der Waals surface area contributed by atoms with Crippen molar-refractivity contribution >= 4 is 34.8 Å². The van der Waals surface area contributed by atoms with Crippen LogP contribution in [0, 0.1) is 0 Å². The number of likely N-dealkylation sites (tertiary alicyclic amines) is 1. The average molecular weight is 465 g/mol. The van der Waals surface area contributed by atoms with Crippen LogP contribution in [0.5, 0.6) is 0 Å². The lowest BCUT2D eigenvalue weighted by atomic mass is 9.91. The molecule has 0 saturated carbocycles. The molecule has 8 nitrogen and oxygen atoms in total. The smallest absolute Gasteiger partial charge is 0.408 e. The van der Waals surface area contributed by atoms with Gasteiger partial charge in [0.05, 0.1) is 6.04 Å². The summed E-state index contributed by atoms with van der Waals surface area (Å²) >= 11 is 1.12. The summed E-state index contributed by atoms with van der Waals surface area (Å²) in [5, 5.41) is 2.51. The van der Waals surface area contributed by atoms with Gasteiger partial charge in [-0.1, -0.05) is 30.0 Å². The number of hydrogen-bond acceptors (Lipinski definition) is 7.